The molecule has 3 nitrogen and oxygen atoms in total. The van der Waals surface area contributed by atoms with Gasteiger partial charge in [0.1, 0.15) is 11.6 Å². The van der Waals surface area contributed by atoms with E-state index in [2.05, 4.69) is 5.32 Å². The van der Waals surface area contributed by atoms with Gasteiger partial charge in [0.15, 0.2) is 0 Å². The number of amides is 1. The molecule has 2 aliphatic rings. The highest BCUT2D eigenvalue weighted by molar-refractivity contribution is 5.85. The van der Waals surface area contributed by atoms with Gasteiger partial charge in [-0.1, -0.05) is 0 Å². The number of hydrogen-bond donors (Lipinski definition) is 1. The van der Waals surface area contributed by atoms with E-state index in [-0.39, 0.29) is 36.2 Å². The van der Waals surface area contributed by atoms with Crippen molar-refractivity contribution in [3.05, 3.63) is 35.4 Å². The van der Waals surface area contributed by atoms with E-state index in [1.807, 2.05) is 11.8 Å². The van der Waals surface area contributed by atoms with Crippen LogP contribution in [-0.4, -0.2) is 36.5 Å². The lowest BCUT2D eigenvalue weighted by Crippen LogP contribution is -2.52. The molecule has 116 valence electrons. The van der Waals surface area contributed by atoms with Gasteiger partial charge in [0.2, 0.25) is 5.91 Å². The minimum absolute atomic E-state index is 0. The van der Waals surface area contributed by atoms with Crippen molar-refractivity contribution in [1.82, 2.24) is 10.2 Å². The molecule has 1 saturated heterocycles. The lowest BCUT2D eigenvalue weighted by atomic mass is 10.1. The first kappa shape index (κ1) is 16.2. The standard InChI is InChI=1S/C15H18F2N2O.ClH/c1-9-8-18-4-5-19(9)15(20)13-7-11(13)12-6-10(16)2-3-14(12)17;/h2-3,6,9,11,13,18H,4-5,7-8H2,1H3;1H/t9-,11?,13?;/m1./s1. The highest BCUT2D eigenvalue weighted by Crippen LogP contribution is 2.49. The average molecular weight is 317 g/mol. The van der Waals surface area contributed by atoms with Gasteiger partial charge in [0, 0.05) is 31.6 Å². The minimum Gasteiger partial charge on any atom is -0.337 e. The summed E-state index contributed by atoms with van der Waals surface area (Å²) in [6, 6.07) is 3.62. The molecule has 2 unspecified atom stereocenters. The number of carbonyl (C=O) groups excluding carboxylic acids is 1. The second-order valence-corrected chi connectivity index (χ2v) is 5.70. The molecule has 21 heavy (non-hydrogen) atoms. The maximum Gasteiger partial charge on any atom is 0.226 e. The molecule has 1 aromatic carbocycles. The van der Waals surface area contributed by atoms with Crippen molar-refractivity contribution in [2.24, 2.45) is 5.92 Å². The zero-order valence-corrected chi connectivity index (χ0v) is 12.6. The maximum absolute atomic E-state index is 13.7. The van der Waals surface area contributed by atoms with Crippen LogP contribution in [0.2, 0.25) is 0 Å². The number of nitrogens with one attached hydrogen (secondary N) is 1. The highest BCUT2D eigenvalue weighted by Gasteiger charge is 2.47. The molecule has 1 aliphatic carbocycles. The Balaban J connectivity index is 0.00000161. The van der Waals surface area contributed by atoms with Crippen LogP contribution in [0, 0.1) is 17.6 Å². The molecule has 0 aromatic heterocycles. The van der Waals surface area contributed by atoms with E-state index in [0.29, 0.717) is 18.5 Å². The van der Waals surface area contributed by atoms with Crippen molar-refractivity contribution in [3.63, 3.8) is 0 Å². The van der Waals surface area contributed by atoms with Crippen molar-refractivity contribution in [3.8, 4) is 0 Å². The predicted octanol–water partition coefficient (Wildman–Crippen LogP) is 2.31. The Morgan fingerprint density at radius 3 is 2.86 bits per heavy atom. The molecule has 0 radical (unpaired) electrons. The van der Waals surface area contributed by atoms with E-state index in [1.165, 1.54) is 6.07 Å². The van der Waals surface area contributed by atoms with Crippen LogP contribution in [0.3, 0.4) is 0 Å². The molecule has 1 heterocycles. The van der Waals surface area contributed by atoms with E-state index in [1.54, 1.807) is 0 Å². The van der Waals surface area contributed by atoms with Gasteiger partial charge in [-0.15, -0.1) is 12.4 Å². The Hall–Kier alpha value is -1.20. The largest absolute Gasteiger partial charge is 0.337 e. The first-order valence-corrected chi connectivity index (χ1v) is 7.04. The average Bonchev–Trinajstić information content (AvgIpc) is 3.21. The number of carbonyl (C=O) groups is 1. The van der Waals surface area contributed by atoms with Gasteiger partial charge in [-0.3, -0.25) is 4.79 Å². The van der Waals surface area contributed by atoms with Crippen LogP contribution in [0.5, 0.6) is 0 Å². The quantitative estimate of drug-likeness (QED) is 0.908. The van der Waals surface area contributed by atoms with Crippen LogP contribution in [0.15, 0.2) is 18.2 Å². The molecule has 3 rings (SSSR count). The number of halogens is 3. The third-order valence-corrected chi connectivity index (χ3v) is 4.25. The van der Waals surface area contributed by atoms with Gasteiger partial charge in [-0.2, -0.15) is 0 Å². The van der Waals surface area contributed by atoms with Crippen LogP contribution in [0.1, 0.15) is 24.8 Å². The second-order valence-electron chi connectivity index (χ2n) is 5.70. The van der Waals surface area contributed by atoms with Crippen molar-refractivity contribution in [2.45, 2.75) is 25.3 Å². The van der Waals surface area contributed by atoms with Crippen LogP contribution < -0.4 is 5.32 Å². The Morgan fingerprint density at radius 1 is 1.38 bits per heavy atom. The first-order chi connectivity index (χ1) is 9.58. The monoisotopic (exact) mass is 316 g/mol. The SMILES string of the molecule is C[C@@H]1CNCCN1C(=O)C1CC1c1cc(F)ccc1F.Cl. The molecule has 2 fully saturated rings. The van der Waals surface area contributed by atoms with Gasteiger partial charge in [0.25, 0.3) is 0 Å². The van der Waals surface area contributed by atoms with Gasteiger partial charge in [-0.25, -0.2) is 8.78 Å². The van der Waals surface area contributed by atoms with Crippen molar-refractivity contribution in [1.29, 1.82) is 0 Å². The third-order valence-electron chi connectivity index (χ3n) is 4.25. The molecule has 1 N–H and O–H groups in total. The fraction of sp³-hybridized carbons (Fsp3) is 0.533. The molecule has 1 amide bonds. The third kappa shape index (κ3) is 3.19. The lowest BCUT2D eigenvalue weighted by molar-refractivity contribution is -0.135. The molecule has 0 spiro atoms. The second kappa shape index (κ2) is 6.28. The molecule has 1 saturated carbocycles. The summed E-state index contributed by atoms with van der Waals surface area (Å²) in [5.74, 6) is -1.14. The molecular formula is C15H19ClF2N2O. The fourth-order valence-corrected chi connectivity index (χ4v) is 2.99. The van der Waals surface area contributed by atoms with Crippen LogP contribution in [-0.2, 0) is 4.79 Å². The Labute approximate surface area is 129 Å². The maximum atomic E-state index is 13.7. The number of nitrogens with zero attached hydrogens (tertiary/aromatic N) is 1. The molecular weight excluding hydrogens is 298 g/mol. The Kier molecular flexibility index (Phi) is 4.84. The van der Waals surface area contributed by atoms with Gasteiger partial charge in [0.05, 0.1) is 0 Å². The van der Waals surface area contributed by atoms with Gasteiger partial charge < -0.3 is 10.2 Å². The van der Waals surface area contributed by atoms with Crippen molar-refractivity contribution >= 4 is 18.3 Å². The summed E-state index contributed by atoms with van der Waals surface area (Å²) >= 11 is 0. The topological polar surface area (TPSA) is 32.3 Å². The van der Waals surface area contributed by atoms with E-state index in [9.17, 15) is 13.6 Å². The van der Waals surface area contributed by atoms with Crippen LogP contribution >= 0.6 is 12.4 Å². The van der Waals surface area contributed by atoms with E-state index >= 15 is 0 Å². The summed E-state index contributed by atoms with van der Waals surface area (Å²) in [4.78, 5) is 14.3. The predicted molar refractivity (Wildman–Crippen MR) is 78.5 cm³/mol. The molecule has 1 aliphatic heterocycles. The van der Waals surface area contributed by atoms with Gasteiger partial charge in [-0.05, 0) is 43.0 Å². The normalized spacial score (nSPS) is 28.0. The number of rotatable bonds is 2. The zero-order chi connectivity index (χ0) is 14.3. The molecule has 3 atom stereocenters. The summed E-state index contributed by atoms with van der Waals surface area (Å²) in [6.07, 6.45) is 0.621. The van der Waals surface area contributed by atoms with Crippen molar-refractivity contribution in [2.75, 3.05) is 19.6 Å². The minimum atomic E-state index is -0.449. The Bertz CT molecular complexity index is 540. The lowest BCUT2D eigenvalue weighted by Gasteiger charge is -2.34. The molecule has 1 aromatic rings. The van der Waals surface area contributed by atoms with Crippen molar-refractivity contribution < 1.29 is 13.6 Å². The highest BCUT2D eigenvalue weighted by atomic mass is 35.5. The summed E-state index contributed by atoms with van der Waals surface area (Å²) < 4.78 is 26.9. The molecule has 6 heteroatoms. The zero-order valence-electron chi connectivity index (χ0n) is 11.8. The number of benzene rings is 1. The van der Waals surface area contributed by atoms with E-state index in [0.717, 1.165) is 25.2 Å². The Morgan fingerprint density at radius 2 is 2.14 bits per heavy atom. The molecule has 0 bridgehead atoms. The fourth-order valence-electron chi connectivity index (χ4n) is 2.99. The van der Waals surface area contributed by atoms with Crippen LogP contribution in [0.4, 0.5) is 8.78 Å². The number of hydrogen-bond acceptors (Lipinski definition) is 2. The van der Waals surface area contributed by atoms with E-state index < -0.39 is 11.6 Å². The van der Waals surface area contributed by atoms with Crippen LogP contribution in [0.25, 0.3) is 0 Å². The summed E-state index contributed by atoms with van der Waals surface area (Å²) in [7, 11) is 0. The first-order valence-electron chi connectivity index (χ1n) is 7.04. The van der Waals surface area contributed by atoms with E-state index in [4.69, 9.17) is 0 Å². The smallest absolute Gasteiger partial charge is 0.226 e. The number of piperazine rings is 1. The summed E-state index contributed by atoms with van der Waals surface area (Å²) in [6.45, 7) is 4.28. The van der Waals surface area contributed by atoms with Gasteiger partial charge >= 0.3 is 0 Å². The summed E-state index contributed by atoms with van der Waals surface area (Å²) in [5.41, 5.74) is 0.339. The summed E-state index contributed by atoms with van der Waals surface area (Å²) in [5, 5.41) is 3.23.